The predicted molar refractivity (Wildman–Crippen MR) is 89.0 cm³/mol. The maximum absolute atomic E-state index is 4.97. The molecule has 3 nitrogen and oxygen atoms in total. The van der Waals surface area contributed by atoms with E-state index in [9.17, 15) is 0 Å². The standard InChI is InChI=1S/C18H21N3/c1-2-13-12-16-14-8-4-5-9-15(14)18(20-17(16)19-13)21-10-6-3-7-11-21/h4-5,8-9,12H,2-3,6-7,10-11H2,1H3,(H,19,20). The highest BCUT2D eigenvalue weighted by Gasteiger charge is 2.17. The monoisotopic (exact) mass is 279 g/mol. The summed E-state index contributed by atoms with van der Waals surface area (Å²) >= 11 is 0. The fourth-order valence-electron chi connectivity index (χ4n) is 3.41. The third-order valence-electron chi connectivity index (χ3n) is 4.56. The van der Waals surface area contributed by atoms with Gasteiger partial charge in [0.15, 0.2) is 0 Å². The number of hydrogen-bond acceptors (Lipinski definition) is 2. The number of rotatable bonds is 2. The number of nitrogens with one attached hydrogen (secondary N) is 1. The summed E-state index contributed by atoms with van der Waals surface area (Å²) in [5.74, 6) is 1.15. The minimum atomic E-state index is 1.02. The molecule has 0 bridgehead atoms. The molecule has 3 aromatic rings. The lowest BCUT2D eigenvalue weighted by molar-refractivity contribution is 0.575. The van der Waals surface area contributed by atoms with Crippen LogP contribution < -0.4 is 4.90 Å². The molecule has 108 valence electrons. The van der Waals surface area contributed by atoms with E-state index in [1.165, 1.54) is 41.1 Å². The molecule has 2 aromatic heterocycles. The van der Waals surface area contributed by atoms with Crippen LogP contribution in [0.3, 0.4) is 0 Å². The van der Waals surface area contributed by atoms with E-state index in [-0.39, 0.29) is 0 Å². The van der Waals surface area contributed by atoms with Crippen LogP contribution in [-0.4, -0.2) is 23.1 Å². The van der Waals surface area contributed by atoms with Crippen molar-refractivity contribution in [3.63, 3.8) is 0 Å². The number of fused-ring (bicyclic) bond motifs is 3. The maximum atomic E-state index is 4.97. The number of aromatic nitrogens is 2. The molecule has 1 aliphatic rings. The van der Waals surface area contributed by atoms with Gasteiger partial charge >= 0.3 is 0 Å². The van der Waals surface area contributed by atoms with Gasteiger partial charge in [-0.2, -0.15) is 0 Å². The van der Waals surface area contributed by atoms with Crippen LogP contribution in [-0.2, 0) is 6.42 Å². The first-order valence-corrected chi connectivity index (χ1v) is 8.02. The molecule has 3 heteroatoms. The first kappa shape index (κ1) is 12.7. The molecular formula is C18H21N3. The van der Waals surface area contributed by atoms with Crippen LogP contribution in [0, 0.1) is 0 Å². The third-order valence-corrected chi connectivity index (χ3v) is 4.56. The summed E-state index contributed by atoms with van der Waals surface area (Å²) in [4.78, 5) is 10.9. The Morgan fingerprint density at radius 2 is 1.81 bits per heavy atom. The lowest BCUT2D eigenvalue weighted by Crippen LogP contribution is -2.30. The predicted octanol–water partition coefficient (Wildman–Crippen LogP) is 4.27. The van der Waals surface area contributed by atoms with E-state index in [1.54, 1.807) is 0 Å². The van der Waals surface area contributed by atoms with Gasteiger partial charge in [-0.1, -0.05) is 31.2 Å². The van der Waals surface area contributed by atoms with Gasteiger partial charge in [-0.3, -0.25) is 0 Å². The lowest BCUT2D eigenvalue weighted by Gasteiger charge is -2.28. The summed E-state index contributed by atoms with van der Waals surface area (Å²) in [6, 6.07) is 10.9. The van der Waals surface area contributed by atoms with Crippen molar-refractivity contribution in [3.05, 3.63) is 36.0 Å². The smallest absolute Gasteiger partial charge is 0.140 e. The van der Waals surface area contributed by atoms with Gasteiger partial charge in [0.1, 0.15) is 11.5 Å². The highest BCUT2D eigenvalue weighted by Crippen LogP contribution is 2.32. The SMILES string of the molecule is CCc1cc2c(nc(N3CCCCC3)c3ccccc32)[nH]1. The zero-order valence-corrected chi connectivity index (χ0v) is 12.5. The molecule has 0 aliphatic carbocycles. The summed E-state index contributed by atoms with van der Waals surface area (Å²) in [7, 11) is 0. The topological polar surface area (TPSA) is 31.9 Å². The van der Waals surface area contributed by atoms with E-state index in [0.29, 0.717) is 0 Å². The number of aryl methyl sites for hydroxylation is 1. The van der Waals surface area contributed by atoms with Crippen LogP contribution in [0.25, 0.3) is 21.8 Å². The molecule has 1 fully saturated rings. The Morgan fingerprint density at radius 3 is 2.57 bits per heavy atom. The third kappa shape index (κ3) is 2.08. The van der Waals surface area contributed by atoms with Crippen LogP contribution in [0.2, 0.25) is 0 Å². The zero-order valence-electron chi connectivity index (χ0n) is 12.5. The van der Waals surface area contributed by atoms with Crippen molar-refractivity contribution in [3.8, 4) is 0 Å². The van der Waals surface area contributed by atoms with Crippen molar-refractivity contribution in [2.45, 2.75) is 32.6 Å². The lowest BCUT2D eigenvalue weighted by atomic mass is 10.1. The number of hydrogen-bond donors (Lipinski definition) is 1. The van der Waals surface area contributed by atoms with Gasteiger partial charge in [-0.15, -0.1) is 0 Å². The van der Waals surface area contributed by atoms with Crippen molar-refractivity contribution >= 4 is 27.6 Å². The van der Waals surface area contributed by atoms with Gasteiger partial charge in [0, 0.05) is 29.6 Å². The second-order valence-electron chi connectivity index (χ2n) is 5.94. The van der Waals surface area contributed by atoms with Crippen LogP contribution in [0.4, 0.5) is 5.82 Å². The van der Waals surface area contributed by atoms with Crippen LogP contribution in [0.15, 0.2) is 30.3 Å². The molecule has 0 radical (unpaired) electrons. The molecule has 0 spiro atoms. The molecule has 1 aromatic carbocycles. The van der Waals surface area contributed by atoms with Crippen molar-refractivity contribution in [2.75, 3.05) is 18.0 Å². The van der Waals surface area contributed by atoms with Gasteiger partial charge in [-0.25, -0.2) is 4.98 Å². The molecule has 4 rings (SSSR count). The number of H-pyrrole nitrogens is 1. The van der Waals surface area contributed by atoms with E-state index in [4.69, 9.17) is 4.98 Å². The number of piperidine rings is 1. The molecule has 0 unspecified atom stereocenters. The Balaban J connectivity index is 1.98. The Kier molecular flexibility index (Phi) is 3.06. The molecule has 0 saturated carbocycles. The van der Waals surface area contributed by atoms with E-state index in [0.717, 1.165) is 31.0 Å². The maximum Gasteiger partial charge on any atom is 0.140 e. The van der Waals surface area contributed by atoms with Gasteiger partial charge in [0.05, 0.1) is 0 Å². The average molecular weight is 279 g/mol. The van der Waals surface area contributed by atoms with Gasteiger partial charge in [0.25, 0.3) is 0 Å². The number of aromatic amines is 1. The second kappa shape index (κ2) is 5.06. The Labute approximate surface area is 125 Å². The van der Waals surface area contributed by atoms with E-state index >= 15 is 0 Å². The Bertz CT molecular complexity index is 782. The second-order valence-corrected chi connectivity index (χ2v) is 5.94. The minimum Gasteiger partial charge on any atom is -0.356 e. The quantitative estimate of drug-likeness (QED) is 0.759. The average Bonchev–Trinajstić information content (AvgIpc) is 2.98. The Hall–Kier alpha value is -2.03. The largest absolute Gasteiger partial charge is 0.356 e. The molecule has 0 amide bonds. The molecule has 0 atom stereocenters. The summed E-state index contributed by atoms with van der Waals surface area (Å²) in [5.41, 5.74) is 2.30. The fraction of sp³-hybridized carbons (Fsp3) is 0.389. The summed E-state index contributed by atoms with van der Waals surface area (Å²) in [5, 5.41) is 3.86. The van der Waals surface area contributed by atoms with Gasteiger partial charge in [-0.05, 0) is 37.1 Å². The number of nitrogens with zero attached hydrogens (tertiary/aromatic N) is 2. The zero-order chi connectivity index (χ0) is 14.2. The first-order valence-electron chi connectivity index (χ1n) is 8.02. The van der Waals surface area contributed by atoms with E-state index in [2.05, 4.69) is 47.1 Å². The van der Waals surface area contributed by atoms with Crippen molar-refractivity contribution in [1.82, 2.24) is 9.97 Å². The molecule has 1 saturated heterocycles. The van der Waals surface area contributed by atoms with Crippen LogP contribution in [0.1, 0.15) is 31.9 Å². The van der Waals surface area contributed by atoms with Crippen molar-refractivity contribution in [2.24, 2.45) is 0 Å². The van der Waals surface area contributed by atoms with Gasteiger partial charge in [0.2, 0.25) is 0 Å². The number of anilines is 1. The molecule has 1 aliphatic heterocycles. The normalized spacial score (nSPS) is 16.0. The van der Waals surface area contributed by atoms with E-state index < -0.39 is 0 Å². The van der Waals surface area contributed by atoms with Gasteiger partial charge < -0.3 is 9.88 Å². The Morgan fingerprint density at radius 1 is 1.05 bits per heavy atom. The number of benzene rings is 1. The highest BCUT2D eigenvalue weighted by atomic mass is 15.2. The minimum absolute atomic E-state index is 1.02. The van der Waals surface area contributed by atoms with Crippen LogP contribution >= 0.6 is 0 Å². The molecule has 21 heavy (non-hydrogen) atoms. The number of pyridine rings is 1. The van der Waals surface area contributed by atoms with Crippen molar-refractivity contribution in [1.29, 1.82) is 0 Å². The van der Waals surface area contributed by atoms with Crippen molar-refractivity contribution < 1.29 is 0 Å². The fourth-order valence-corrected chi connectivity index (χ4v) is 3.41. The first-order chi connectivity index (χ1) is 10.4. The molecular weight excluding hydrogens is 258 g/mol. The molecule has 3 heterocycles. The molecule has 1 N–H and O–H groups in total. The van der Waals surface area contributed by atoms with Crippen LogP contribution in [0.5, 0.6) is 0 Å². The summed E-state index contributed by atoms with van der Waals surface area (Å²) in [6.45, 7) is 4.44. The summed E-state index contributed by atoms with van der Waals surface area (Å²) in [6.07, 6.45) is 4.92. The summed E-state index contributed by atoms with van der Waals surface area (Å²) < 4.78 is 0. The van der Waals surface area contributed by atoms with E-state index in [1.807, 2.05) is 0 Å². The highest BCUT2D eigenvalue weighted by molar-refractivity contribution is 6.09.